The summed E-state index contributed by atoms with van der Waals surface area (Å²) in [7, 11) is 0. The Morgan fingerprint density at radius 2 is 2.05 bits per heavy atom. The molecular formula is C15H22BrNO2. The Bertz CT molecular complexity index is 446. The molecule has 1 fully saturated rings. The Labute approximate surface area is 123 Å². The Kier molecular flexibility index (Phi) is 4.54. The van der Waals surface area contributed by atoms with Crippen molar-refractivity contribution < 1.29 is 10.2 Å². The molecule has 2 unspecified atom stereocenters. The second-order valence-electron chi connectivity index (χ2n) is 5.72. The zero-order valence-electron chi connectivity index (χ0n) is 11.6. The minimum absolute atomic E-state index is 0.480. The van der Waals surface area contributed by atoms with Gasteiger partial charge in [-0.15, -0.1) is 0 Å². The van der Waals surface area contributed by atoms with E-state index in [2.05, 4.69) is 26.9 Å². The van der Waals surface area contributed by atoms with Crippen LogP contribution in [0.3, 0.4) is 0 Å². The van der Waals surface area contributed by atoms with Crippen LogP contribution in [0.25, 0.3) is 0 Å². The molecule has 0 aromatic heterocycles. The van der Waals surface area contributed by atoms with Crippen molar-refractivity contribution in [1.82, 2.24) is 0 Å². The highest BCUT2D eigenvalue weighted by Crippen LogP contribution is 2.32. The number of rotatable bonds is 2. The van der Waals surface area contributed by atoms with Crippen LogP contribution in [0.2, 0.25) is 0 Å². The van der Waals surface area contributed by atoms with Crippen molar-refractivity contribution in [2.75, 3.05) is 18.0 Å². The topological polar surface area (TPSA) is 43.7 Å². The van der Waals surface area contributed by atoms with Crippen LogP contribution in [0.4, 0.5) is 5.69 Å². The smallest absolute Gasteiger partial charge is 0.0782 e. The largest absolute Gasteiger partial charge is 0.390 e. The van der Waals surface area contributed by atoms with E-state index in [4.69, 9.17) is 0 Å². The summed E-state index contributed by atoms with van der Waals surface area (Å²) in [6, 6.07) is 5.98. The molecule has 4 heteroatoms. The van der Waals surface area contributed by atoms with Crippen molar-refractivity contribution in [2.45, 2.75) is 44.8 Å². The first kappa shape index (κ1) is 14.8. The predicted molar refractivity (Wildman–Crippen MR) is 81.5 cm³/mol. The second kappa shape index (κ2) is 5.81. The van der Waals surface area contributed by atoms with E-state index >= 15 is 0 Å². The van der Waals surface area contributed by atoms with Gasteiger partial charge < -0.3 is 15.1 Å². The van der Waals surface area contributed by atoms with Crippen LogP contribution < -0.4 is 4.90 Å². The fourth-order valence-electron chi connectivity index (χ4n) is 2.65. The van der Waals surface area contributed by atoms with Gasteiger partial charge in [-0.1, -0.05) is 22.0 Å². The normalized spacial score (nSPS) is 26.1. The maximum atomic E-state index is 10.2. The van der Waals surface area contributed by atoms with Crippen LogP contribution in [0, 0.1) is 0 Å². The van der Waals surface area contributed by atoms with Crippen molar-refractivity contribution in [3.05, 3.63) is 28.2 Å². The number of anilines is 1. The molecule has 106 valence electrons. The first-order valence-corrected chi connectivity index (χ1v) is 7.63. The molecular weight excluding hydrogens is 306 g/mol. The molecule has 2 atom stereocenters. The number of benzene rings is 1. The van der Waals surface area contributed by atoms with Gasteiger partial charge in [0.15, 0.2) is 0 Å². The fraction of sp³-hybridized carbons (Fsp3) is 0.600. The van der Waals surface area contributed by atoms with Gasteiger partial charge in [0.2, 0.25) is 0 Å². The molecule has 0 aliphatic carbocycles. The molecule has 1 aromatic carbocycles. The third-order valence-corrected chi connectivity index (χ3v) is 4.34. The van der Waals surface area contributed by atoms with Crippen LogP contribution in [-0.2, 0) is 0 Å². The molecule has 3 nitrogen and oxygen atoms in total. The number of aliphatic hydroxyl groups excluding tert-OH is 1. The lowest BCUT2D eigenvalue weighted by Gasteiger charge is -2.27. The van der Waals surface area contributed by atoms with Crippen LogP contribution in [-0.4, -0.2) is 28.9 Å². The maximum Gasteiger partial charge on any atom is 0.0782 e. The van der Waals surface area contributed by atoms with Gasteiger partial charge in [-0.05, 0) is 45.2 Å². The second-order valence-corrected chi connectivity index (χ2v) is 6.63. The van der Waals surface area contributed by atoms with Gasteiger partial charge in [-0.2, -0.15) is 0 Å². The van der Waals surface area contributed by atoms with Gasteiger partial charge in [0.1, 0.15) is 0 Å². The van der Waals surface area contributed by atoms with Crippen molar-refractivity contribution in [3.8, 4) is 0 Å². The first-order chi connectivity index (χ1) is 8.89. The number of hydrogen-bond acceptors (Lipinski definition) is 3. The summed E-state index contributed by atoms with van der Waals surface area (Å²) in [5.41, 5.74) is 1.46. The lowest BCUT2D eigenvalue weighted by Crippen LogP contribution is -2.29. The van der Waals surface area contributed by atoms with Gasteiger partial charge in [-0.3, -0.25) is 0 Å². The molecule has 0 saturated carbocycles. The standard InChI is InChI=1S/C15H22BrNO2/c1-11(18)13-5-4-12(16)10-14(13)17-8-3-6-15(2,19)7-9-17/h4-5,10-11,18-19H,3,6-9H2,1-2H3. The molecule has 1 aliphatic heterocycles. The first-order valence-electron chi connectivity index (χ1n) is 6.84. The molecule has 1 heterocycles. The summed E-state index contributed by atoms with van der Waals surface area (Å²) in [5.74, 6) is 0. The van der Waals surface area contributed by atoms with E-state index in [1.54, 1.807) is 6.92 Å². The molecule has 19 heavy (non-hydrogen) atoms. The quantitative estimate of drug-likeness (QED) is 0.876. The number of aliphatic hydroxyl groups is 2. The number of nitrogens with zero attached hydrogens (tertiary/aromatic N) is 1. The van der Waals surface area contributed by atoms with Crippen molar-refractivity contribution >= 4 is 21.6 Å². The van der Waals surface area contributed by atoms with Crippen molar-refractivity contribution in [1.29, 1.82) is 0 Å². The molecule has 1 aromatic rings. The van der Waals surface area contributed by atoms with E-state index in [1.165, 1.54) is 0 Å². The lowest BCUT2D eigenvalue weighted by molar-refractivity contribution is 0.0481. The molecule has 2 rings (SSSR count). The lowest BCUT2D eigenvalue weighted by atomic mass is 9.98. The summed E-state index contributed by atoms with van der Waals surface area (Å²) in [6.45, 7) is 5.45. The van der Waals surface area contributed by atoms with E-state index in [-0.39, 0.29) is 0 Å². The number of hydrogen-bond donors (Lipinski definition) is 2. The highest BCUT2D eigenvalue weighted by molar-refractivity contribution is 9.10. The van der Waals surface area contributed by atoms with Crippen LogP contribution in [0.15, 0.2) is 22.7 Å². The van der Waals surface area contributed by atoms with E-state index in [9.17, 15) is 10.2 Å². The van der Waals surface area contributed by atoms with Crippen molar-refractivity contribution in [3.63, 3.8) is 0 Å². The summed E-state index contributed by atoms with van der Waals surface area (Å²) in [4.78, 5) is 2.27. The monoisotopic (exact) mass is 327 g/mol. The minimum Gasteiger partial charge on any atom is -0.390 e. The van der Waals surface area contributed by atoms with Crippen LogP contribution >= 0.6 is 15.9 Å². The third kappa shape index (κ3) is 3.71. The van der Waals surface area contributed by atoms with Gasteiger partial charge in [0, 0.05) is 28.8 Å². The average Bonchev–Trinajstić information content (AvgIpc) is 2.49. The van der Waals surface area contributed by atoms with E-state index in [1.807, 2.05) is 19.1 Å². The SMILES string of the molecule is CC(O)c1ccc(Br)cc1N1CCCC(C)(O)CC1. The Balaban J connectivity index is 2.28. The predicted octanol–water partition coefficient (Wildman–Crippen LogP) is 3.24. The Morgan fingerprint density at radius 1 is 1.32 bits per heavy atom. The zero-order valence-corrected chi connectivity index (χ0v) is 13.2. The molecule has 0 amide bonds. The summed E-state index contributed by atoms with van der Waals surface area (Å²) < 4.78 is 1.02. The summed E-state index contributed by atoms with van der Waals surface area (Å²) in [5, 5.41) is 20.1. The zero-order chi connectivity index (χ0) is 14.0. The fourth-order valence-corrected chi connectivity index (χ4v) is 3.00. The van der Waals surface area contributed by atoms with E-state index in [0.717, 1.165) is 48.1 Å². The van der Waals surface area contributed by atoms with Crippen molar-refractivity contribution in [2.24, 2.45) is 0 Å². The van der Waals surface area contributed by atoms with Gasteiger partial charge in [0.05, 0.1) is 11.7 Å². The number of halogens is 1. The van der Waals surface area contributed by atoms with E-state index < -0.39 is 11.7 Å². The van der Waals surface area contributed by atoms with Crippen LogP contribution in [0.1, 0.15) is 44.8 Å². The highest BCUT2D eigenvalue weighted by atomic mass is 79.9. The molecule has 1 saturated heterocycles. The third-order valence-electron chi connectivity index (χ3n) is 3.85. The maximum absolute atomic E-state index is 10.2. The molecule has 1 aliphatic rings. The molecule has 0 radical (unpaired) electrons. The van der Waals surface area contributed by atoms with Gasteiger partial charge >= 0.3 is 0 Å². The highest BCUT2D eigenvalue weighted by Gasteiger charge is 2.26. The van der Waals surface area contributed by atoms with E-state index in [0.29, 0.717) is 0 Å². The molecule has 0 spiro atoms. The summed E-state index contributed by atoms with van der Waals surface area (Å²) in [6.07, 6.45) is 2.09. The molecule has 0 bridgehead atoms. The summed E-state index contributed by atoms with van der Waals surface area (Å²) >= 11 is 3.50. The Hall–Kier alpha value is -0.580. The Morgan fingerprint density at radius 3 is 2.74 bits per heavy atom. The van der Waals surface area contributed by atoms with Crippen LogP contribution in [0.5, 0.6) is 0 Å². The van der Waals surface area contributed by atoms with Gasteiger partial charge in [0.25, 0.3) is 0 Å². The minimum atomic E-state index is -0.564. The average molecular weight is 328 g/mol. The van der Waals surface area contributed by atoms with Gasteiger partial charge in [-0.25, -0.2) is 0 Å². The molecule has 2 N–H and O–H groups in total.